The first-order chi connectivity index (χ1) is 12.7. The third-order valence-corrected chi connectivity index (χ3v) is 3.83. The topological polar surface area (TPSA) is 82.3 Å². The minimum absolute atomic E-state index is 0.178. The van der Waals surface area contributed by atoms with Gasteiger partial charge in [0.05, 0.1) is 18.5 Å². The lowest BCUT2D eigenvalue weighted by Crippen LogP contribution is -2.17. The van der Waals surface area contributed by atoms with E-state index in [4.69, 9.17) is 10.5 Å². The Bertz CT molecular complexity index is 782. The molecular formula is C18H23F3N4O2. The fourth-order valence-corrected chi connectivity index (χ4v) is 2.56. The van der Waals surface area contributed by atoms with Gasteiger partial charge in [0.15, 0.2) is 11.6 Å². The van der Waals surface area contributed by atoms with E-state index in [-0.39, 0.29) is 17.3 Å². The fourth-order valence-electron chi connectivity index (χ4n) is 2.56. The molecule has 0 saturated carbocycles. The molecule has 0 unspecified atom stereocenters. The Morgan fingerprint density at radius 3 is 2.56 bits per heavy atom. The van der Waals surface area contributed by atoms with Gasteiger partial charge in [-0.05, 0) is 25.5 Å². The number of unbranched alkanes of at least 4 members (excludes halogenated alkanes) is 2. The average molecular weight is 384 g/mol. The number of halogens is 3. The fraction of sp³-hybridized carbons (Fsp3) is 0.444. The number of benzene rings is 1. The lowest BCUT2D eigenvalue weighted by Gasteiger charge is -2.15. The number of nitrogens with zero attached hydrogens (tertiary/aromatic N) is 2. The van der Waals surface area contributed by atoms with Crippen LogP contribution in [0, 0.1) is 6.92 Å². The summed E-state index contributed by atoms with van der Waals surface area (Å²) in [5, 5.41) is 3.16. The van der Waals surface area contributed by atoms with E-state index in [9.17, 15) is 13.2 Å². The van der Waals surface area contributed by atoms with Gasteiger partial charge in [-0.1, -0.05) is 19.8 Å². The number of anilines is 2. The number of aryl methyl sites for hydroxylation is 1. The molecule has 1 aromatic carbocycles. The van der Waals surface area contributed by atoms with Crippen molar-refractivity contribution in [3.05, 3.63) is 23.9 Å². The number of rotatable bonds is 8. The van der Waals surface area contributed by atoms with Gasteiger partial charge >= 0.3 is 6.36 Å². The van der Waals surface area contributed by atoms with Crippen LogP contribution in [0.25, 0.3) is 11.3 Å². The molecule has 6 nitrogen and oxygen atoms in total. The highest BCUT2D eigenvalue weighted by atomic mass is 19.4. The Kier molecular flexibility index (Phi) is 6.70. The maximum absolute atomic E-state index is 12.4. The van der Waals surface area contributed by atoms with Crippen LogP contribution in [0.2, 0.25) is 0 Å². The van der Waals surface area contributed by atoms with E-state index in [1.165, 1.54) is 19.2 Å². The standard InChI is InChI=1S/C18H23F3N4O2/c1-4-5-6-9-23-17-16(22)25-15(11(2)24-17)13-8-7-12(10-14(13)26-3)27-18(19,20)21/h7-8,10H,4-6,9H2,1-3H3,(H2,22,25)(H,23,24). The van der Waals surface area contributed by atoms with Gasteiger partial charge in [0, 0.05) is 18.2 Å². The maximum Gasteiger partial charge on any atom is 0.573 e. The summed E-state index contributed by atoms with van der Waals surface area (Å²) in [4.78, 5) is 8.80. The number of aromatic nitrogens is 2. The van der Waals surface area contributed by atoms with Crippen LogP contribution in [-0.4, -0.2) is 30.0 Å². The van der Waals surface area contributed by atoms with Gasteiger partial charge in [-0.25, -0.2) is 9.97 Å². The van der Waals surface area contributed by atoms with Gasteiger partial charge in [0.25, 0.3) is 0 Å². The molecule has 1 aromatic heterocycles. The second-order valence-corrected chi connectivity index (χ2v) is 5.94. The average Bonchev–Trinajstić information content (AvgIpc) is 2.60. The van der Waals surface area contributed by atoms with Gasteiger partial charge in [0.1, 0.15) is 11.5 Å². The summed E-state index contributed by atoms with van der Waals surface area (Å²) in [5.41, 5.74) is 7.48. The predicted octanol–water partition coefficient (Wildman–Crippen LogP) is 4.54. The van der Waals surface area contributed by atoms with Crippen molar-refractivity contribution < 1.29 is 22.6 Å². The van der Waals surface area contributed by atoms with E-state index in [0.29, 0.717) is 22.8 Å². The second-order valence-electron chi connectivity index (χ2n) is 5.94. The SMILES string of the molecule is CCCCCNc1nc(C)c(-c2ccc(OC(F)(F)F)cc2OC)nc1N. The molecule has 0 aliphatic carbocycles. The van der Waals surface area contributed by atoms with Crippen LogP contribution >= 0.6 is 0 Å². The Morgan fingerprint density at radius 1 is 1.19 bits per heavy atom. The van der Waals surface area contributed by atoms with Crippen molar-refractivity contribution in [3.8, 4) is 22.8 Å². The Hall–Kier alpha value is -2.71. The molecule has 148 valence electrons. The quantitative estimate of drug-likeness (QED) is 0.650. The number of nitrogens with one attached hydrogen (secondary N) is 1. The number of ether oxygens (including phenoxy) is 2. The van der Waals surface area contributed by atoms with Crippen molar-refractivity contribution in [1.29, 1.82) is 0 Å². The number of nitrogen functional groups attached to an aromatic ring is 1. The Morgan fingerprint density at radius 2 is 1.93 bits per heavy atom. The number of hydrogen-bond donors (Lipinski definition) is 2. The zero-order chi connectivity index (χ0) is 20.0. The van der Waals surface area contributed by atoms with Crippen molar-refractivity contribution in [2.75, 3.05) is 24.7 Å². The van der Waals surface area contributed by atoms with Crippen LogP contribution in [0.5, 0.6) is 11.5 Å². The molecule has 0 aliphatic rings. The van der Waals surface area contributed by atoms with Crippen LogP contribution in [0.3, 0.4) is 0 Å². The van der Waals surface area contributed by atoms with E-state index in [1.807, 2.05) is 0 Å². The van der Waals surface area contributed by atoms with Crippen LogP contribution in [0.15, 0.2) is 18.2 Å². The summed E-state index contributed by atoms with van der Waals surface area (Å²) < 4.78 is 46.3. The molecule has 0 aliphatic heterocycles. The van der Waals surface area contributed by atoms with Crippen molar-refractivity contribution in [2.24, 2.45) is 0 Å². The monoisotopic (exact) mass is 384 g/mol. The van der Waals surface area contributed by atoms with Crippen LogP contribution in [0.1, 0.15) is 31.9 Å². The first-order valence-electron chi connectivity index (χ1n) is 8.57. The highest BCUT2D eigenvalue weighted by Gasteiger charge is 2.31. The molecule has 0 spiro atoms. The Balaban J connectivity index is 2.30. The summed E-state index contributed by atoms with van der Waals surface area (Å²) in [7, 11) is 1.35. The smallest absolute Gasteiger partial charge is 0.496 e. The zero-order valence-corrected chi connectivity index (χ0v) is 15.5. The summed E-state index contributed by atoms with van der Waals surface area (Å²) in [6, 6.07) is 3.78. The third kappa shape index (κ3) is 5.63. The summed E-state index contributed by atoms with van der Waals surface area (Å²) in [6.45, 7) is 4.60. The molecule has 2 rings (SSSR count). The van der Waals surface area contributed by atoms with Crippen molar-refractivity contribution >= 4 is 11.6 Å². The first-order valence-corrected chi connectivity index (χ1v) is 8.57. The van der Waals surface area contributed by atoms with E-state index in [1.54, 1.807) is 6.92 Å². The van der Waals surface area contributed by atoms with Gasteiger partial charge in [-0.15, -0.1) is 13.2 Å². The molecular weight excluding hydrogens is 361 g/mol. The highest BCUT2D eigenvalue weighted by Crippen LogP contribution is 2.36. The molecule has 0 saturated heterocycles. The largest absolute Gasteiger partial charge is 0.573 e. The summed E-state index contributed by atoms with van der Waals surface area (Å²) in [6.07, 6.45) is -1.58. The molecule has 0 bridgehead atoms. The molecule has 27 heavy (non-hydrogen) atoms. The van der Waals surface area contributed by atoms with Crippen LogP contribution in [0.4, 0.5) is 24.8 Å². The van der Waals surface area contributed by atoms with E-state index < -0.39 is 6.36 Å². The predicted molar refractivity (Wildman–Crippen MR) is 97.9 cm³/mol. The molecule has 3 N–H and O–H groups in total. The molecule has 0 amide bonds. The second kappa shape index (κ2) is 8.79. The molecule has 2 aromatic rings. The van der Waals surface area contributed by atoms with E-state index in [2.05, 4.69) is 26.9 Å². The summed E-state index contributed by atoms with van der Waals surface area (Å²) in [5.74, 6) is 0.501. The molecule has 0 radical (unpaired) electrons. The highest BCUT2D eigenvalue weighted by molar-refractivity contribution is 5.73. The minimum Gasteiger partial charge on any atom is -0.496 e. The number of hydrogen-bond acceptors (Lipinski definition) is 6. The lowest BCUT2D eigenvalue weighted by atomic mass is 10.1. The number of nitrogens with two attached hydrogens (primary N) is 1. The van der Waals surface area contributed by atoms with Crippen molar-refractivity contribution in [1.82, 2.24) is 9.97 Å². The maximum atomic E-state index is 12.4. The minimum atomic E-state index is -4.78. The van der Waals surface area contributed by atoms with E-state index >= 15 is 0 Å². The van der Waals surface area contributed by atoms with Gasteiger partial charge < -0.3 is 20.5 Å². The molecule has 1 heterocycles. The molecule has 0 fully saturated rings. The van der Waals surface area contributed by atoms with Crippen LogP contribution in [-0.2, 0) is 0 Å². The number of alkyl halides is 3. The lowest BCUT2D eigenvalue weighted by molar-refractivity contribution is -0.274. The van der Waals surface area contributed by atoms with Gasteiger partial charge in [-0.3, -0.25) is 0 Å². The van der Waals surface area contributed by atoms with Gasteiger partial charge in [0.2, 0.25) is 0 Å². The van der Waals surface area contributed by atoms with Crippen molar-refractivity contribution in [3.63, 3.8) is 0 Å². The van der Waals surface area contributed by atoms with Crippen molar-refractivity contribution in [2.45, 2.75) is 39.5 Å². The number of methoxy groups -OCH3 is 1. The van der Waals surface area contributed by atoms with Crippen LogP contribution < -0.4 is 20.5 Å². The normalized spacial score (nSPS) is 11.3. The van der Waals surface area contributed by atoms with Gasteiger partial charge in [-0.2, -0.15) is 0 Å². The summed E-state index contributed by atoms with van der Waals surface area (Å²) >= 11 is 0. The zero-order valence-electron chi connectivity index (χ0n) is 15.5. The first kappa shape index (κ1) is 20.6. The molecule has 9 heteroatoms. The Labute approximate surface area is 155 Å². The molecule has 0 atom stereocenters. The van der Waals surface area contributed by atoms with E-state index in [0.717, 1.165) is 31.9 Å². The third-order valence-electron chi connectivity index (χ3n) is 3.83.